The first-order valence-corrected chi connectivity index (χ1v) is 3.38. The molecule has 0 amide bonds. The second-order valence-corrected chi connectivity index (χ2v) is 2.34. The Bertz CT molecular complexity index is 207. The number of phosphoric acid groups is 1. The normalized spacial score (nSPS) is 8.83. The van der Waals surface area contributed by atoms with Crippen molar-refractivity contribution in [2.45, 2.75) is 0 Å². The summed E-state index contributed by atoms with van der Waals surface area (Å²) in [6.07, 6.45) is 0. The van der Waals surface area contributed by atoms with Crippen LogP contribution in [-0.4, -0.2) is 102 Å². The first kappa shape index (κ1) is 19.2. The summed E-state index contributed by atoms with van der Waals surface area (Å²) >= 11 is 0. The van der Waals surface area contributed by atoms with Gasteiger partial charge in [0.05, 0.1) is 0 Å². The molecule has 7 nitrogen and oxygen atoms in total. The van der Waals surface area contributed by atoms with Crippen LogP contribution < -0.4 is 0 Å². The molecule has 0 unspecified atom stereocenters. The van der Waals surface area contributed by atoms with Gasteiger partial charge in [0, 0.05) is 0 Å². The van der Waals surface area contributed by atoms with E-state index >= 15 is 0 Å². The topological polar surface area (TPSA) is 121 Å². The Morgan fingerprint density at radius 1 is 1.17 bits per heavy atom. The monoisotopic (exact) mass is 254 g/mol. The third kappa shape index (κ3) is 11.6. The van der Waals surface area contributed by atoms with Gasteiger partial charge in [-0.05, 0) is 0 Å². The number of rotatable bonds is 1. The van der Waals surface area contributed by atoms with E-state index in [1.165, 1.54) is 0 Å². The molecule has 0 saturated carbocycles. The predicted molar refractivity (Wildman–Crippen MR) is 42.9 cm³/mol. The van der Waals surface area contributed by atoms with Crippen LogP contribution >= 0.6 is 7.82 Å². The maximum atomic E-state index is 9.84. The molecule has 10 heteroatoms. The van der Waals surface area contributed by atoms with Gasteiger partial charge in [0.15, 0.2) is 0 Å². The van der Waals surface area contributed by atoms with E-state index in [4.69, 9.17) is 14.9 Å². The van der Waals surface area contributed by atoms with Crippen molar-refractivity contribution in [2.75, 3.05) is 0 Å². The van der Waals surface area contributed by atoms with Crippen LogP contribution in [0.3, 0.4) is 0 Å². The Hall–Kier alpha value is 1.61. The van der Waals surface area contributed by atoms with Gasteiger partial charge in [-0.15, -0.1) is 0 Å². The van der Waals surface area contributed by atoms with Crippen LogP contribution in [0.25, 0.3) is 0 Å². The molecule has 3 N–H and O–H groups in total. The second kappa shape index (κ2) is 7.96. The Labute approximate surface area is 127 Å². The van der Waals surface area contributed by atoms with E-state index in [9.17, 15) is 14.2 Å². The van der Waals surface area contributed by atoms with Gasteiger partial charge < -0.3 is 9.63 Å². The average molecular weight is 254 g/mol. The molecule has 0 radical (unpaired) electrons. The summed E-state index contributed by atoms with van der Waals surface area (Å²) in [4.78, 5) is 35.1. The van der Waals surface area contributed by atoms with Crippen LogP contribution in [0.15, 0.2) is 0 Å². The van der Waals surface area contributed by atoms with Gasteiger partial charge >= 0.3 is 95.2 Å². The number of phosphoric ester groups is 1. The third-order valence-corrected chi connectivity index (χ3v) is 0.780. The van der Waals surface area contributed by atoms with E-state index < -0.39 is 19.8 Å². The van der Waals surface area contributed by atoms with Gasteiger partial charge in [-0.1, -0.05) is 0 Å². The molecule has 0 aliphatic heterocycles. The van der Waals surface area contributed by atoms with Gasteiger partial charge in [0.1, 0.15) is 0 Å². The SMILES string of the molecule is O=C(O)C(=O)OP(=O)(O)O.[CaH2].[CaH2]. The molecule has 0 aromatic heterocycles. The van der Waals surface area contributed by atoms with Crippen LogP contribution in [0.4, 0.5) is 0 Å². The minimum atomic E-state index is -5.01. The van der Waals surface area contributed by atoms with Gasteiger partial charge in [0.25, 0.3) is 0 Å². The zero-order chi connectivity index (χ0) is 8.36. The van der Waals surface area contributed by atoms with Crippen molar-refractivity contribution in [1.29, 1.82) is 0 Å². The molecule has 0 heterocycles. The van der Waals surface area contributed by atoms with E-state index in [1.807, 2.05) is 0 Å². The van der Waals surface area contributed by atoms with Crippen molar-refractivity contribution >= 4 is 95.2 Å². The Balaban J connectivity index is -0.000000405. The molecule has 0 spiro atoms. The van der Waals surface area contributed by atoms with Crippen LogP contribution in [0.5, 0.6) is 0 Å². The van der Waals surface area contributed by atoms with Crippen molar-refractivity contribution in [1.82, 2.24) is 0 Å². The van der Waals surface area contributed by atoms with Crippen LogP contribution in [0, 0.1) is 0 Å². The molecule has 0 aliphatic rings. The molecule has 0 fully saturated rings. The molecule has 0 aliphatic carbocycles. The predicted octanol–water partition coefficient (Wildman–Crippen LogP) is -3.13. The zero-order valence-electron chi connectivity index (χ0n) is 4.42. The standard InChI is InChI=1S/C2H3O7P.2Ca.4H/c3-1(4)2(5)9-10(6,7)8;;;;;;/h(H,3,4)(H2,6,7,8);;;;;;. The number of carboxylic acids is 1. The Kier molecular flexibility index (Phi) is 12.8. The average Bonchev–Trinajstić information content (AvgIpc) is 1.60. The second-order valence-electron chi connectivity index (χ2n) is 1.17. The maximum absolute atomic E-state index is 9.84. The van der Waals surface area contributed by atoms with Gasteiger partial charge in [0.2, 0.25) is 0 Å². The summed E-state index contributed by atoms with van der Waals surface area (Å²) < 4.78 is 12.9. The molecule has 12 heavy (non-hydrogen) atoms. The summed E-state index contributed by atoms with van der Waals surface area (Å²) in [5, 5.41) is 7.73. The number of carbonyl (C=O) groups is 2. The summed E-state index contributed by atoms with van der Waals surface area (Å²) in [6, 6.07) is 0. The molecule has 0 rings (SSSR count). The molecule has 0 aromatic rings. The van der Waals surface area contributed by atoms with Crippen LogP contribution in [-0.2, 0) is 18.7 Å². The number of carbonyl (C=O) groups excluding carboxylic acids is 1. The molecule has 66 valence electrons. The molecule has 0 atom stereocenters. The fourth-order valence-corrected chi connectivity index (χ4v) is 0.441. The van der Waals surface area contributed by atoms with Crippen molar-refractivity contribution < 1.29 is 33.6 Å². The Morgan fingerprint density at radius 2 is 1.50 bits per heavy atom. The molecule has 0 aromatic carbocycles. The fourth-order valence-electron chi connectivity index (χ4n) is 0.147. The first-order valence-electron chi connectivity index (χ1n) is 1.85. The summed E-state index contributed by atoms with van der Waals surface area (Å²) in [5.41, 5.74) is 0. The minimum absolute atomic E-state index is 0. The number of hydrogen-bond acceptors (Lipinski definition) is 4. The van der Waals surface area contributed by atoms with E-state index in [0.717, 1.165) is 0 Å². The molecule has 0 bridgehead atoms. The zero-order valence-corrected chi connectivity index (χ0v) is 5.32. The van der Waals surface area contributed by atoms with Crippen molar-refractivity contribution in [3.8, 4) is 0 Å². The van der Waals surface area contributed by atoms with E-state index in [2.05, 4.69) is 4.52 Å². The van der Waals surface area contributed by atoms with Crippen LogP contribution in [0.2, 0.25) is 0 Å². The van der Waals surface area contributed by atoms with E-state index in [-0.39, 0.29) is 75.5 Å². The summed E-state index contributed by atoms with van der Waals surface area (Å²) in [5.74, 6) is -4.03. The van der Waals surface area contributed by atoms with Gasteiger partial charge in [-0.3, -0.25) is 9.79 Å². The van der Waals surface area contributed by atoms with Gasteiger partial charge in [-0.2, -0.15) is 0 Å². The third-order valence-electron chi connectivity index (χ3n) is 0.376. The number of hydrogen-bond donors (Lipinski definition) is 3. The van der Waals surface area contributed by atoms with Gasteiger partial charge in [-0.25, -0.2) is 14.2 Å². The summed E-state index contributed by atoms with van der Waals surface area (Å²) in [6.45, 7) is 0. The Morgan fingerprint density at radius 3 is 1.58 bits per heavy atom. The number of carboxylic acid groups (broad SMARTS) is 1. The molecule has 0 saturated heterocycles. The fraction of sp³-hybridized carbons (Fsp3) is 0. The van der Waals surface area contributed by atoms with Crippen molar-refractivity contribution in [3.05, 3.63) is 0 Å². The summed E-state index contributed by atoms with van der Waals surface area (Å²) in [7, 11) is -5.01. The molecular weight excluding hydrogens is 247 g/mol. The molecular formula is C2H7Ca2O7P. The first-order chi connectivity index (χ1) is 4.33. The van der Waals surface area contributed by atoms with Crippen LogP contribution in [0.1, 0.15) is 0 Å². The quantitative estimate of drug-likeness (QED) is 0.257. The van der Waals surface area contributed by atoms with E-state index in [1.54, 1.807) is 0 Å². The van der Waals surface area contributed by atoms with E-state index in [0.29, 0.717) is 0 Å². The van der Waals surface area contributed by atoms with Crippen molar-refractivity contribution in [3.63, 3.8) is 0 Å². The number of aliphatic carboxylic acids is 1. The van der Waals surface area contributed by atoms with Crippen molar-refractivity contribution in [2.24, 2.45) is 0 Å².